The normalized spacial score (nSPS) is 12.7. The first kappa shape index (κ1) is 9.95. The van der Waals surface area contributed by atoms with E-state index in [0.717, 1.165) is 18.2 Å². The molecule has 2 nitrogen and oxygen atoms in total. The van der Waals surface area contributed by atoms with Gasteiger partial charge in [-0.05, 0) is 12.8 Å². The molecular weight excluding hydrogens is 196 g/mol. The number of halogens is 1. The first-order valence-electron chi connectivity index (χ1n) is 3.40. The predicted octanol–water partition coefficient (Wildman–Crippen LogP) is 1.97. The highest BCUT2D eigenvalue weighted by atomic mass is 79.9. The molecule has 1 unspecified atom stereocenters. The number of carbonyl (C=O) groups excluding carboxylic acids is 1. The smallest absolute Gasteiger partial charge is 0.308 e. The zero-order chi connectivity index (χ0) is 7.98. The number of alkyl halides is 1. The quantitative estimate of drug-likeness (QED) is 0.522. The lowest BCUT2D eigenvalue weighted by Gasteiger charge is -2.08. The standard InChI is InChI=1S/C7H13BrO2/c1-3-6(4-5-8)7(9)10-2/h6H,3-5H2,1-2H3. The van der Waals surface area contributed by atoms with Crippen molar-refractivity contribution in [1.29, 1.82) is 0 Å². The third-order valence-electron chi connectivity index (χ3n) is 1.48. The molecule has 0 N–H and O–H groups in total. The second kappa shape index (κ2) is 5.71. The van der Waals surface area contributed by atoms with E-state index in [2.05, 4.69) is 20.7 Å². The number of hydrogen-bond donors (Lipinski definition) is 0. The Morgan fingerprint density at radius 1 is 1.70 bits per heavy atom. The van der Waals surface area contributed by atoms with Crippen LogP contribution in [0.25, 0.3) is 0 Å². The first-order chi connectivity index (χ1) is 4.76. The topological polar surface area (TPSA) is 26.3 Å². The Kier molecular flexibility index (Phi) is 5.69. The minimum absolute atomic E-state index is 0.0735. The van der Waals surface area contributed by atoms with E-state index in [1.54, 1.807) is 0 Å². The van der Waals surface area contributed by atoms with Crippen LogP contribution in [0.1, 0.15) is 19.8 Å². The Labute approximate surface area is 70.1 Å². The molecule has 10 heavy (non-hydrogen) atoms. The minimum Gasteiger partial charge on any atom is -0.469 e. The summed E-state index contributed by atoms with van der Waals surface area (Å²) in [5, 5.41) is 0.862. The summed E-state index contributed by atoms with van der Waals surface area (Å²) >= 11 is 3.28. The maximum Gasteiger partial charge on any atom is 0.308 e. The van der Waals surface area contributed by atoms with Crippen molar-refractivity contribution in [3.8, 4) is 0 Å². The number of hydrogen-bond acceptors (Lipinski definition) is 2. The largest absolute Gasteiger partial charge is 0.469 e. The lowest BCUT2D eigenvalue weighted by atomic mass is 10.0. The van der Waals surface area contributed by atoms with Gasteiger partial charge in [-0.25, -0.2) is 0 Å². The van der Waals surface area contributed by atoms with Crippen LogP contribution in [-0.4, -0.2) is 18.4 Å². The summed E-state index contributed by atoms with van der Waals surface area (Å²) in [6.45, 7) is 1.99. The summed E-state index contributed by atoms with van der Waals surface area (Å²) in [6, 6.07) is 0. The molecule has 0 spiro atoms. The number of esters is 1. The van der Waals surface area contributed by atoms with Gasteiger partial charge in [0, 0.05) is 5.33 Å². The van der Waals surface area contributed by atoms with Crippen LogP contribution in [-0.2, 0) is 9.53 Å². The summed E-state index contributed by atoms with van der Waals surface area (Å²) in [5.41, 5.74) is 0. The molecule has 0 aliphatic rings. The molecule has 0 radical (unpaired) electrons. The number of carbonyl (C=O) groups is 1. The van der Waals surface area contributed by atoms with Crippen molar-refractivity contribution in [2.24, 2.45) is 5.92 Å². The van der Waals surface area contributed by atoms with Gasteiger partial charge in [0.15, 0.2) is 0 Å². The van der Waals surface area contributed by atoms with Crippen LogP contribution in [0.4, 0.5) is 0 Å². The molecule has 0 aromatic carbocycles. The van der Waals surface area contributed by atoms with Gasteiger partial charge in [-0.3, -0.25) is 4.79 Å². The Morgan fingerprint density at radius 3 is 2.60 bits per heavy atom. The molecule has 0 aromatic heterocycles. The molecule has 0 fully saturated rings. The Bertz CT molecular complexity index is 104. The molecule has 0 saturated carbocycles. The van der Waals surface area contributed by atoms with E-state index >= 15 is 0 Å². The van der Waals surface area contributed by atoms with Gasteiger partial charge in [0.05, 0.1) is 13.0 Å². The van der Waals surface area contributed by atoms with Crippen LogP contribution in [0.2, 0.25) is 0 Å². The molecule has 60 valence electrons. The van der Waals surface area contributed by atoms with Crippen molar-refractivity contribution < 1.29 is 9.53 Å². The molecule has 0 amide bonds. The van der Waals surface area contributed by atoms with Crippen LogP contribution in [0, 0.1) is 5.92 Å². The Hall–Kier alpha value is -0.0500. The van der Waals surface area contributed by atoms with Gasteiger partial charge in [0.2, 0.25) is 0 Å². The zero-order valence-electron chi connectivity index (χ0n) is 6.39. The van der Waals surface area contributed by atoms with Crippen molar-refractivity contribution in [2.45, 2.75) is 19.8 Å². The SMILES string of the molecule is CCC(CCBr)C(=O)OC. The van der Waals surface area contributed by atoms with Crippen LogP contribution in [0.3, 0.4) is 0 Å². The average Bonchev–Trinajstić information content (AvgIpc) is 1.99. The molecule has 0 aromatic rings. The second-order valence-corrected chi connectivity index (χ2v) is 2.90. The third-order valence-corrected chi connectivity index (χ3v) is 1.94. The third kappa shape index (κ3) is 3.20. The minimum atomic E-state index is -0.0954. The second-order valence-electron chi connectivity index (χ2n) is 2.11. The van der Waals surface area contributed by atoms with Crippen LogP contribution in [0.5, 0.6) is 0 Å². The van der Waals surface area contributed by atoms with E-state index in [4.69, 9.17) is 0 Å². The fraction of sp³-hybridized carbons (Fsp3) is 0.857. The van der Waals surface area contributed by atoms with Crippen LogP contribution < -0.4 is 0 Å². The summed E-state index contributed by atoms with van der Waals surface area (Å²) in [7, 11) is 1.43. The number of ether oxygens (including phenoxy) is 1. The molecule has 0 bridgehead atoms. The summed E-state index contributed by atoms with van der Waals surface area (Å²) in [6.07, 6.45) is 1.72. The lowest BCUT2D eigenvalue weighted by Crippen LogP contribution is -2.15. The molecule has 0 rings (SSSR count). The van der Waals surface area contributed by atoms with Gasteiger partial charge in [-0.15, -0.1) is 0 Å². The van der Waals surface area contributed by atoms with E-state index in [9.17, 15) is 4.79 Å². The fourth-order valence-electron chi connectivity index (χ4n) is 0.787. The molecule has 1 atom stereocenters. The maximum atomic E-state index is 10.9. The first-order valence-corrected chi connectivity index (χ1v) is 4.52. The molecule has 3 heteroatoms. The van der Waals surface area contributed by atoms with E-state index in [1.165, 1.54) is 7.11 Å². The van der Waals surface area contributed by atoms with Gasteiger partial charge in [-0.2, -0.15) is 0 Å². The summed E-state index contributed by atoms with van der Waals surface area (Å²) in [5.74, 6) is -0.0219. The van der Waals surface area contributed by atoms with Crippen molar-refractivity contribution in [2.75, 3.05) is 12.4 Å². The van der Waals surface area contributed by atoms with E-state index in [-0.39, 0.29) is 11.9 Å². The maximum absolute atomic E-state index is 10.9. The van der Waals surface area contributed by atoms with Gasteiger partial charge in [0.25, 0.3) is 0 Å². The highest BCUT2D eigenvalue weighted by Crippen LogP contribution is 2.10. The molecule has 0 saturated heterocycles. The molecule has 0 aliphatic carbocycles. The average molecular weight is 209 g/mol. The van der Waals surface area contributed by atoms with Gasteiger partial charge in [0.1, 0.15) is 0 Å². The van der Waals surface area contributed by atoms with Crippen molar-refractivity contribution in [1.82, 2.24) is 0 Å². The van der Waals surface area contributed by atoms with Crippen molar-refractivity contribution >= 4 is 21.9 Å². The summed E-state index contributed by atoms with van der Waals surface area (Å²) in [4.78, 5) is 10.9. The molecule has 0 aliphatic heterocycles. The van der Waals surface area contributed by atoms with Gasteiger partial charge in [-0.1, -0.05) is 22.9 Å². The van der Waals surface area contributed by atoms with E-state index in [0.29, 0.717) is 0 Å². The highest BCUT2D eigenvalue weighted by molar-refractivity contribution is 9.09. The van der Waals surface area contributed by atoms with Crippen molar-refractivity contribution in [3.63, 3.8) is 0 Å². The van der Waals surface area contributed by atoms with Crippen LogP contribution in [0.15, 0.2) is 0 Å². The molecule has 0 heterocycles. The lowest BCUT2D eigenvalue weighted by molar-refractivity contribution is -0.145. The fourth-order valence-corrected chi connectivity index (χ4v) is 1.34. The Morgan fingerprint density at radius 2 is 2.30 bits per heavy atom. The zero-order valence-corrected chi connectivity index (χ0v) is 7.98. The monoisotopic (exact) mass is 208 g/mol. The highest BCUT2D eigenvalue weighted by Gasteiger charge is 2.14. The van der Waals surface area contributed by atoms with Crippen molar-refractivity contribution in [3.05, 3.63) is 0 Å². The van der Waals surface area contributed by atoms with Gasteiger partial charge < -0.3 is 4.74 Å². The Balaban J connectivity index is 3.68. The van der Waals surface area contributed by atoms with Gasteiger partial charge >= 0.3 is 5.97 Å². The van der Waals surface area contributed by atoms with E-state index < -0.39 is 0 Å². The predicted molar refractivity (Wildman–Crippen MR) is 44.2 cm³/mol. The van der Waals surface area contributed by atoms with Crippen LogP contribution >= 0.6 is 15.9 Å². The van der Waals surface area contributed by atoms with E-state index in [1.807, 2.05) is 6.92 Å². The number of rotatable bonds is 4. The number of methoxy groups -OCH3 is 1. The summed E-state index contributed by atoms with van der Waals surface area (Å²) < 4.78 is 4.60. The molecular formula is C7H13BrO2.